The van der Waals surface area contributed by atoms with E-state index in [1.165, 1.54) is 6.07 Å². The molecule has 1 N–H and O–H groups in total. The molecule has 3 heteroatoms. The zero-order chi connectivity index (χ0) is 8.97. The van der Waals surface area contributed by atoms with Gasteiger partial charge in [-0.05, 0) is 18.2 Å². The molecule has 0 aliphatic rings. The second-order valence-corrected chi connectivity index (χ2v) is 3.00. The van der Waals surface area contributed by atoms with Crippen molar-refractivity contribution in [2.24, 2.45) is 0 Å². The third kappa shape index (κ3) is 2.33. The molecular formula is C9H6BrFO. The van der Waals surface area contributed by atoms with E-state index in [4.69, 9.17) is 5.11 Å². The van der Waals surface area contributed by atoms with Crippen molar-refractivity contribution in [3.05, 3.63) is 34.1 Å². The molecule has 0 atom stereocenters. The third-order valence-corrected chi connectivity index (χ3v) is 1.72. The summed E-state index contributed by atoms with van der Waals surface area (Å²) in [6.07, 6.45) is 0. The summed E-state index contributed by atoms with van der Waals surface area (Å²) < 4.78 is 13.7. The van der Waals surface area contributed by atoms with Gasteiger partial charge in [0, 0.05) is 4.47 Å². The Morgan fingerprint density at radius 3 is 2.92 bits per heavy atom. The van der Waals surface area contributed by atoms with Crippen molar-refractivity contribution in [2.45, 2.75) is 0 Å². The minimum Gasteiger partial charge on any atom is -0.384 e. The highest BCUT2D eigenvalue weighted by Crippen LogP contribution is 2.14. The summed E-state index contributed by atoms with van der Waals surface area (Å²) in [5.41, 5.74) is 0.290. The van der Waals surface area contributed by atoms with Gasteiger partial charge < -0.3 is 5.11 Å². The van der Waals surface area contributed by atoms with E-state index in [1.54, 1.807) is 12.1 Å². The molecule has 1 aromatic carbocycles. The van der Waals surface area contributed by atoms with E-state index in [0.29, 0.717) is 5.56 Å². The van der Waals surface area contributed by atoms with Gasteiger partial charge in [0.25, 0.3) is 0 Å². The van der Waals surface area contributed by atoms with Crippen LogP contribution in [0.2, 0.25) is 0 Å². The molecule has 0 aliphatic heterocycles. The molecule has 1 aromatic rings. The Bertz CT molecular complexity index is 338. The molecular weight excluding hydrogens is 223 g/mol. The van der Waals surface area contributed by atoms with Gasteiger partial charge in [-0.2, -0.15) is 0 Å². The van der Waals surface area contributed by atoms with Crippen molar-refractivity contribution in [1.82, 2.24) is 0 Å². The molecule has 0 heterocycles. The third-order valence-electron chi connectivity index (χ3n) is 1.23. The van der Waals surface area contributed by atoms with Crippen molar-refractivity contribution < 1.29 is 9.50 Å². The molecule has 0 spiro atoms. The molecule has 0 saturated heterocycles. The summed E-state index contributed by atoms with van der Waals surface area (Å²) in [6.45, 7) is -0.258. The number of hydrogen-bond donors (Lipinski definition) is 1. The van der Waals surface area contributed by atoms with Gasteiger partial charge in [0.1, 0.15) is 12.4 Å². The SMILES string of the molecule is OCC#Cc1cc(Br)ccc1F. The molecule has 12 heavy (non-hydrogen) atoms. The largest absolute Gasteiger partial charge is 0.384 e. The predicted octanol–water partition coefficient (Wildman–Crippen LogP) is 1.93. The van der Waals surface area contributed by atoms with Gasteiger partial charge in [-0.25, -0.2) is 4.39 Å². The Morgan fingerprint density at radius 2 is 2.25 bits per heavy atom. The number of aliphatic hydroxyl groups excluding tert-OH is 1. The number of aliphatic hydroxyl groups is 1. The fraction of sp³-hybridized carbons (Fsp3) is 0.111. The Labute approximate surface area is 78.4 Å². The number of hydrogen-bond acceptors (Lipinski definition) is 1. The summed E-state index contributed by atoms with van der Waals surface area (Å²) in [6, 6.07) is 4.49. The van der Waals surface area contributed by atoms with Crippen LogP contribution in [0.1, 0.15) is 5.56 Å². The Balaban J connectivity index is 3.05. The molecule has 0 saturated carbocycles. The van der Waals surface area contributed by atoms with E-state index in [9.17, 15) is 4.39 Å². The summed E-state index contributed by atoms with van der Waals surface area (Å²) in [5, 5.41) is 8.38. The second-order valence-electron chi connectivity index (χ2n) is 2.08. The molecule has 1 rings (SSSR count). The van der Waals surface area contributed by atoms with Gasteiger partial charge in [0.15, 0.2) is 0 Å². The fourth-order valence-corrected chi connectivity index (χ4v) is 1.09. The van der Waals surface area contributed by atoms with Crippen LogP contribution < -0.4 is 0 Å². The van der Waals surface area contributed by atoms with E-state index >= 15 is 0 Å². The van der Waals surface area contributed by atoms with Gasteiger partial charge in [-0.15, -0.1) is 0 Å². The standard InChI is InChI=1S/C9H6BrFO/c10-8-3-4-9(11)7(6-8)2-1-5-12/h3-4,6,12H,5H2. The van der Waals surface area contributed by atoms with E-state index in [2.05, 4.69) is 27.8 Å². The Kier molecular flexibility index (Phi) is 3.27. The number of halogens is 2. The lowest BCUT2D eigenvalue weighted by Gasteiger charge is -1.93. The monoisotopic (exact) mass is 228 g/mol. The minimum absolute atomic E-state index is 0.258. The van der Waals surface area contributed by atoms with Crippen molar-refractivity contribution in [3.63, 3.8) is 0 Å². The highest BCUT2D eigenvalue weighted by atomic mass is 79.9. The molecule has 0 fully saturated rings. The van der Waals surface area contributed by atoms with Crippen LogP contribution in [-0.2, 0) is 0 Å². The molecule has 0 aliphatic carbocycles. The normalized spacial score (nSPS) is 8.92. The molecule has 62 valence electrons. The predicted molar refractivity (Wildman–Crippen MR) is 48.1 cm³/mol. The lowest BCUT2D eigenvalue weighted by atomic mass is 10.2. The van der Waals surface area contributed by atoms with Gasteiger partial charge in [0.2, 0.25) is 0 Å². The molecule has 0 aromatic heterocycles. The lowest BCUT2D eigenvalue weighted by Crippen LogP contribution is -1.83. The van der Waals surface area contributed by atoms with Crippen molar-refractivity contribution in [3.8, 4) is 11.8 Å². The minimum atomic E-state index is -0.376. The fourth-order valence-electron chi connectivity index (χ4n) is 0.728. The van der Waals surface area contributed by atoms with E-state index in [0.717, 1.165) is 4.47 Å². The van der Waals surface area contributed by atoms with Crippen LogP contribution >= 0.6 is 15.9 Å². The average molecular weight is 229 g/mol. The van der Waals surface area contributed by atoms with Gasteiger partial charge >= 0.3 is 0 Å². The Morgan fingerprint density at radius 1 is 1.50 bits per heavy atom. The summed E-state index contributed by atoms with van der Waals surface area (Å²) in [7, 11) is 0. The van der Waals surface area contributed by atoms with Gasteiger partial charge in [-0.1, -0.05) is 27.8 Å². The second kappa shape index (κ2) is 4.24. The Hall–Kier alpha value is -0.850. The smallest absolute Gasteiger partial charge is 0.138 e. The maximum Gasteiger partial charge on any atom is 0.138 e. The first-order valence-electron chi connectivity index (χ1n) is 3.29. The molecule has 0 radical (unpaired) electrons. The number of benzene rings is 1. The average Bonchev–Trinajstić information content (AvgIpc) is 2.07. The molecule has 0 bridgehead atoms. The van der Waals surface area contributed by atoms with Crippen LogP contribution in [0, 0.1) is 17.7 Å². The van der Waals surface area contributed by atoms with Crippen LogP contribution in [0.15, 0.2) is 22.7 Å². The van der Waals surface area contributed by atoms with Crippen molar-refractivity contribution >= 4 is 15.9 Å². The molecule has 1 nitrogen and oxygen atoms in total. The van der Waals surface area contributed by atoms with Crippen LogP contribution in [0.5, 0.6) is 0 Å². The highest BCUT2D eigenvalue weighted by Gasteiger charge is 1.97. The quantitative estimate of drug-likeness (QED) is 0.674. The maximum atomic E-state index is 12.9. The molecule has 0 amide bonds. The summed E-state index contributed by atoms with van der Waals surface area (Å²) in [5.74, 6) is 4.50. The summed E-state index contributed by atoms with van der Waals surface area (Å²) >= 11 is 3.19. The van der Waals surface area contributed by atoms with Crippen molar-refractivity contribution in [2.75, 3.05) is 6.61 Å². The van der Waals surface area contributed by atoms with E-state index in [-0.39, 0.29) is 12.4 Å². The maximum absolute atomic E-state index is 12.9. The van der Waals surface area contributed by atoms with E-state index in [1.807, 2.05) is 0 Å². The zero-order valence-corrected chi connectivity index (χ0v) is 7.73. The topological polar surface area (TPSA) is 20.2 Å². The van der Waals surface area contributed by atoms with Gasteiger partial charge in [-0.3, -0.25) is 0 Å². The van der Waals surface area contributed by atoms with Crippen molar-refractivity contribution in [1.29, 1.82) is 0 Å². The first kappa shape index (κ1) is 9.24. The van der Waals surface area contributed by atoms with Gasteiger partial charge in [0.05, 0.1) is 5.56 Å². The number of rotatable bonds is 0. The zero-order valence-electron chi connectivity index (χ0n) is 6.14. The van der Waals surface area contributed by atoms with Crippen LogP contribution in [0.3, 0.4) is 0 Å². The van der Waals surface area contributed by atoms with Crippen LogP contribution in [0.4, 0.5) is 4.39 Å². The first-order chi connectivity index (χ1) is 5.74. The lowest BCUT2D eigenvalue weighted by molar-refractivity contribution is 0.350. The van der Waals surface area contributed by atoms with E-state index < -0.39 is 0 Å². The molecule has 0 unspecified atom stereocenters. The highest BCUT2D eigenvalue weighted by molar-refractivity contribution is 9.10. The summed E-state index contributed by atoms with van der Waals surface area (Å²) in [4.78, 5) is 0. The van der Waals surface area contributed by atoms with Crippen LogP contribution in [-0.4, -0.2) is 11.7 Å². The first-order valence-corrected chi connectivity index (χ1v) is 4.08. The van der Waals surface area contributed by atoms with Crippen LogP contribution in [0.25, 0.3) is 0 Å².